The molecule has 1 amide bonds. The van der Waals surface area contributed by atoms with Crippen molar-refractivity contribution in [1.82, 2.24) is 15.3 Å². The fourth-order valence-electron chi connectivity index (χ4n) is 2.14. The molecule has 20 heavy (non-hydrogen) atoms. The van der Waals surface area contributed by atoms with Gasteiger partial charge in [-0.15, -0.1) is 0 Å². The van der Waals surface area contributed by atoms with Gasteiger partial charge in [0.15, 0.2) is 0 Å². The van der Waals surface area contributed by atoms with E-state index in [1.54, 1.807) is 12.3 Å². The Morgan fingerprint density at radius 2 is 2.00 bits per heavy atom. The lowest BCUT2D eigenvalue weighted by Crippen LogP contribution is -2.25. The molecular weight excluding hydrogens is 250 g/mol. The first-order valence-electron chi connectivity index (χ1n) is 6.59. The van der Waals surface area contributed by atoms with Crippen molar-refractivity contribution in [2.75, 3.05) is 6.54 Å². The highest BCUT2D eigenvalue weighted by Gasteiger charge is 2.08. The van der Waals surface area contributed by atoms with E-state index in [0.29, 0.717) is 12.2 Å². The van der Waals surface area contributed by atoms with Gasteiger partial charge in [-0.2, -0.15) is 0 Å². The van der Waals surface area contributed by atoms with Crippen molar-refractivity contribution in [3.8, 4) is 0 Å². The summed E-state index contributed by atoms with van der Waals surface area (Å²) in [6.45, 7) is 0.617. The van der Waals surface area contributed by atoms with E-state index in [0.717, 1.165) is 17.5 Å². The maximum atomic E-state index is 12.0. The molecule has 0 atom stereocenters. The van der Waals surface area contributed by atoms with E-state index in [4.69, 9.17) is 0 Å². The molecular formula is C16H15N3O. The fraction of sp³-hybridized carbons (Fsp3) is 0.125. The number of aromatic amines is 1. The van der Waals surface area contributed by atoms with Crippen molar-refractivity contribution >= 4 is 16.9 Å². The van der Waals surface area contributed by atoms with E-state index in [1.807, 2.05) is 30.3 Å². The lowest BCUT2D eigenvalue weighted by molar-refractivity contribution is 0.0950. The van der Waals surface area contributed by atoms with Crippen LogP contribution in [-0.4, -0.2) is 22.4 Å². The average molecular weight is 265 g/mol. The summed E-state index contributed by atoms with van der Waals surface area (Å²) in [6.07, 6.45) is 2.54. The van der Waals surface area contributed by atoms with Gasteiger partial charge in [0.1, 0.15) is 5.69 Å². The van der Waals surface area contributed by atoms with Crippen LogP contribution in [0.2, 0.25) is 0 Å². The fourth-order valence-corrected chi connectivity index (χ4v) is 2.14. The molecule has 2 aromatic heterocycles. The minimum atomic E-state index is -0.0982. The normalized spacial score (nSPS) is 10.6. The second kappa shape index (κ2) is 5.57. The predicted octanol–water partition coefficient (Wildman–Crippen LogP) is 2.54. The molecule has 4 nitrogen and oxygen atoms in total. The number of H-pyrrole nitrogens is 1. The monoisotopic (exact) mass is 265 g/mol. The van der Waals surface area contributed by atoms with Gasteiger partial charge in [-0.3, -0.25) is 9.78 Å². The second-order valence-corrected chi connectivity index (χ2v) is 4.61. The summed E-state index contributed by atoms with van der Waals surface area (Å²) in [6, 6.07) is 15.6. The lowest BCUT2D eigenvalue weighted by atomic mass is 10.1. The van der Waals surface area contributed by atoms with Crippen LogP contribution in [-0.2, 0) is 6.42 Å². The summed E-state index contributed by atoms with van der Waals surface area (Å²) in [5.74, 6) is -0.0982. The molecule has 2 N–H and O–H groups in total. The Bertz CT molecular complexity index is 686. The number of benzene rings is 1. The molecule has 0 aliphatic rings. The Kier molecular flexibility index (Phi) is 3.46. The Hall–Kier alpha value is -2.62. The smallest absolute Gasteiger partial charge is 0.267 e. The highest BCUT2D eigenvalue weighted by atomic mass is 16.1. The number of hydrogen-bond donors (Lipinski definition) is 2. The van der Waals surface area contributed by atoms with Crippen LogP contribution in [0.4, 0.5) is 0 Å². The van der Waals surface area contributed by atoms with Crippen molar-refractivity contribution in [1.29, 1.82) is 0 Å². The summed E-state index contributed by atoms with van der Waals surface area (Å²) in [5, 5.41) is 2.91. The minimum Gasteiger partial charge on any atom is -0.350 e. The third-order valence-electron chi connectivity index (χ3n) is 3.18. The zero-order chi connectivity index (χ0) is 13.8. The third kappa shape index (κ3) is 2.69. The van der Waals surface area contributed by atoms with Gasteiger partial charge in [0, 0.05) is 12.7 Å². The number of carbonyl (C=O) groups excluding carboxylic acids is 1. The largest absolute Gasteiger partial charge is 0.350 e. The van der Waals surface area contributed by atoms with Gasteiger partial charge in [0.25, 0.3) is 5.91 Å². The van der Waals surface area contributed by atoms with Crippen LogP contribution in [0.1, 0.15) is 16.1 Å². The van der Waals surface area contributed by atoms with Crippen LogP contribution >= 0.6 is 0 Å². The molecule has 0 unspecified atom stereocenters. The van der Waals surface area contributed by atoms with Crippen molar-refractivity contribution in [2.24, 2.45) is 0 Å². The van der Waals surface area contributed by atoms with Crippen LogP contribution in [0, 0.1) is 0 Å². The van der Waals surface area contributed by atoms with Crippen molar-refractivity contribution in [3.05, 3.63) is 66.0 Å². The van der Waals surface area contributed by atoms with Gasteiger partial charge in [-0.25, -0.2) is 0 Å². The molecule has 0 saturated heterocycles. The molecule has 2 heterocycles. The van der Waals surface area contributed by atoms with E-state index in [-0.39, 0.29) is 5.91 Å². The van der Waals surface area contributed by atoms with Gasteiger partial charge >= 0.3 is 0 Å². The summed E-state index contributed by atoms with van der Waals surface area (Å²) in [7, 11) is 0. The maximum absolute atomic E-state index is 12.0. The van der Waals surface area contributed by atoms with E-state index < -0.39 is 0 Å². The summed E-state index contributed by atoms with van der Waals surface area (Å²) < 4.78 is 0. The van der Waals surface area contributed by atoms with Crippen LogP contribution < -0.4 is 5.32 Å². The average Bonchev–Trinajstić information content (AvgIpc) is 2.92. The number of rotatable bonds is 4. The molecule has 0 fully saturated rings. The number of fused-ring (bicyclic) bond motifs is 1. The zero-order valence-corrected chi connectivity index (χ0v) is 11.0. The van der Waals surface area contributed by atoms with Crippen molar-refractivity contribution in [3.63, 3.8) is 0 Å². The molecule has 1 aromatic carbocycles. The molecule has 0 bridgehead atoms. The molecule has 3 rings (SSSR count). The van der Waals surface area contributed by atoms with Crippen molar-refractivity contribution < 1.29 is 4.79 Å². The molecule has 3 aromatic rings. The van der Waals surface area contributed by atoms with Crippen LogP contribution in [0.3, 0.4) is 0 Å². The van der Waals surface area contributed by atoms with Crippen molar-refractivity contribution in [2.45, 2.75) is 6.42 Å². The summed E-state index contributed by atoms with van der Waals surface area (Å²) >= 11 is 0. The minimum absolute atomic E-state index is 0.0982. The highest BCUT2D eigenvalue weighted by Crippen LogP contribution is 2.11. The van der Waals surface area contributed by atoms with E-state index >= 15 is 0 Å². The topological polar surface area (TPSA) is 57.8 Å². The second-order valence-electron chi connectivity index (χ2n) is 4.61. The predicted molar refractivity (Wildman–Crippen MR) is 78.6 cm³/mol. The van der Waals surface area contributed by atoms with Crippen LogP contribution in [0.15, 0.2) is 54.7 Å². The van der Waals surface area contributed by atoms with Gasteiger partial charge in [0.05, 0.1) is 11.0 Å². The number of pyridine rings is 1. The van der Waals surface area contributed by atoms with E-state index in [1.165, 1.54) is 5.56 Å². The number of hydrogen-bond acceptors (Lipinski definition) is 2. The zero-order valence-electron chi connectivity index (χ0n) is 11.0. The summed E-state index contributed by atoms with van der Waals surface area (Å²) in [4.78, 5) is 19.3. The molecule has 0 aliphatic carbocycles. The van der Waals surface area contributed by atoms with Gasteiger partial charge in [0.2, 0.25) is 0 Å². The van der Waals surface area contributed by atoms with E-state index in [2.05, 4.69) is 27.4 Å². The lowest BCUT2D eigenvalue weighted by Gasteiger charge is -2.03. The number of nitrogens with zero attached hydrogens (tertiary/aromatic N) is 1. The highest BCUT2D eigenvalue weighted by molar-refractivity contribution is 5.97. The molecule has 0 radical (unpaired) electrons. The Morgan fingerprint density at radius 1 is 1.15 bits per heavy atom. The molecule has 0 saturated carbocycles. The third-order valence-corrected chi connectivity index (χ3v) is 3.18. The quantitative estimate of drug-likeness (QED) is 0.761. The number of aromatic nitrogens is 2. The molecule has 4 heteroatoms. The Balaban J connectivity index is 1.61. The van der Waals surface area contributed by atoms with Crippen LogP contribution in [0.5, 0.6) is 0 Å². The van der Waals surface area contributed by atoms with Crippen LogP contribution in [0.25, 0.3) is 11.0 Å². The number of carbonyl (C=O) groups is 1. The SMILES string of the molecule is O=C(NCCc1ccccc1)c1cc2ncccc2[nH]1. The van der Waals surface area contributed by atoms with Gasteiger partial charge < -0.3 is 10.3 Å². The first-order valence-corrected chi connectivity index (χ1v) is 6.59. The van der Waals surface area contributed by atoms with E-state index in [9.17, 15) is 4.79 Å². The number of amides is 1. The van der Waals surface area contributed by atoms with Gasteiger partial charge in [-0.1, -0.05) is 30.3 Å². The first kappa shape index (κ1) is 12.4. The first-order chi connectivity index (χ1) is 9.83. The number of nitrogens with one attached hydrogen (secondary N) is 2. The maximum Gasteiger partial charge on any atom is 0.267 e. The van der Waals surface area contributed by atoms with Gasteiger partial charge in [-0.05, 0) is 30.2 Å². The Labute approximate surface area is 116 Å². The standard InChI is InChI=1S/C16H15N3O/c20-16(18-10-8-12-5-2-1-3-6-12)15-11-14-13(19-15)7-4-9-17-14/h1-7,9,11,19H,8,10H2,(H,18,20). The molecule has 100 valence electrons. The molecule has 0 aliphatic heterocycles. The Morgan fingerprint density at radius 3 is 2.80 bits per heavy atom. The summed E-state index contributed by atoms with van der Waals surface area (Å²) in [5.41, 5.74) is 3.44. The molecule has 0 spiro atoms.